The van der Waals surface area contributed by atoms with E-state index in [-0.39, 0.29) is 20.3 Å². The number of ether oxygens (including phenoxy) is 1. The van der Waals surface area contributed by atoms with Crippen LogP contribution in [0.2, 0.25) is 0 Å². The molecular formula is C8H5Br2F2NO2. The van der Waals surface area contributed by atoms with Crippen molar-refractivity contribution in [2.75, 3.05) is 7.11 Å². The molecule has 0 atom stereocenters. The van der Waals surface area contributed by atoms with Crippen molar-refractivity contribution in [1.82, 2.24) is 4.98 Å². The molecule has 0 aliphatic heterocycles. The first-order chi connectivity index (χ1) is 6.97. The summed E-state index contributed by atoms with van der Waals surface area (Å²) in [4.78, 5) is 14.8. The summed E-state index contributed by atoms with van der Waals surface area (Å²) in [6, 6.07) is 1.13. The molecule has 0 spiro atoms. The molecule has 0 aliphatic rings. The van der Waals surface area contributed by atoms with Crippen molar-refractivity contribution in [3.63, 3.8) is 0 Å². The van der Waals surface area contributed by atoms with Crippen molar-refractivity contribution < 1.29 is 18.3 Å². The van der Waals surface area contributed by atoms with Gasteiger partial charge in [0, 0.05) is 0 Å². The smallest absolute Gasteiger partial charge is 0.357 e. The van der Waals surface area contributed by atoms with E-state index in [0.29, 0.717) is 0 Å². The Kier molecular flexibility index (Phi) is 4.15. The van der Waals surface area contributed by atoms with E-state index in [2.05, 4.69) is 41.6 Å². The number of nitrogens with zero attached hydrogens (tertiary/aromatic N) is 1. The molecule has 0 unspecified atom stereocenters. The van der Waals surface area contributed by atoms with Gasteiger partial charge in [-0.2, -0.15) is 0 Å². The number of alkyl halides is 2. The number of aromatic nitrogens is 1. The molecule has 0 fully saturated rings. The minimum Gasteiger partial charge on any atom is -0.464 e. The lowest BCUT2D eigenvalue weighted by Crippen LogP contribution is -2.07. The van der Waals surface area contributed by atoms with Crippen LogP contribution in [0.4, 0.5) is 8.78 Å². The average molecular weight is 345 g/mol. The highest BCUT2D eigenvalue weighted by atomic mass is 79.9. The Morgan fingerprint density at radius 3 is 2.60 bits per heavy atom. The number of hydrogen-bond donors (Lipinski definition) is 0. The third-order valence-electron chi connectivity index (χ3n) is 1.57. The fraction of sp³-hybridized carbons (Fsp3) is 0.250. The van der Waals surface area contributed by atoms with E-state index in [9.17, 15) is 13.6 Å². The van der Waals surface area contributed by atoms with Crippen LogP contribution in [0, 0.1) is 0 Å². The molecule has 82 valence electrons. The second-order valence-electron chi connectivity index (χ2n) is 2.49. The molecule has 0 N–H and O–H groups in total. The summed E-state index contributed by atoms with van der Waals surface area (Å²) in [7, 11) is 1.19. The number of pyridine rings is 1. The Hall–Kier alpha value is -0.560. The van der Waals surface area contributed by atoms with E-state index in [1.807, 2.05) is 0 Å². The van der Waals surface area contributed by atoms with Gasteiger partial charge in [0.25, 0.3) is 6.43 Å². The van der Waals surface area contributed by atoms with E-state index in [4.69, 9.17) is 0 Å². The number of hydrogen-bond acceptors (Lipinski definition) is 3. The lowest BCUT2D eigenvalue weighted by Gasteiger charge is -2.06. The van der Waals surface area contributed by atoms with Gasteiger partial charge in [-0.3, -0.25) is 0 Å². The Bertz CT molecular complexity index is 398. The van der Waals surface area contributed by atoms with Crippen molar-refractivity contribution in [3.8, 4) is 0 Å². The minimum absolute atomic E-state index is 0.0474. The summed E-state index contributed by atoms with van der Waals surface area (Å²) in [5.41, 5.74) is -0.330. The van der Waals surface area contributed by atoms with Crippen LogP contribution >= 0.6 is 31.9 Å². The maximum absolute atomic E-state index is 12.4. The van der Waals surface area contributed by atoms with Crippen LogP contribution in [0.25, 0.3) is 0 Å². The van der Waals surface area contributed by atoms with Gasteiger partial charge in [-0.1, -0.05) is 0 Å². The first-order valence-electron chi connectivity index (χ1n) is 3.69. The van der Waals surface area contributed by atoms with Crippen LogP contribution in [0.1, 0.15) is 22.5 Å². The SMILES string of the molecule is COC(=O)c1nc(Br)c(C(F)F)cc1Br. The van der Waals surface area contributed by atoms with Gasteiger partial charge >= 0.3 is 5.97 Å². The van der Waals surface area contributed by atoms with Crippen LogP contribution in [0.3, 0.4) is 0 Å². The summed E-state index contributed by atoms with van der Waals surface area (Å²) >= 11 is 5.83. The van der Waals surface area contributed by atoms with Crippen LogP contribution in [-0.2, 0) is 4.74 Å². The molecule has 0 amide bonds. The third kappa shape index (κ3) is 2.72. The normalized spacial score (nSPS) is 10.5. The molecule has 1 aromatic rings. The Morgan fingerprint density at radius 2 is 2.13 bits per heavy atom. The van der Waals surface area contributed by atoms with E-state index >= 15 is 0 Å². The fourth-order valence-electron chi connectivity index (χ4n) is 0.873. The topological polar surface area (TPSA) is 39.2 Å². The number of carbonyl (C=O) groups is 1. The van der Waals surface area contributed by atoms with Crippen LogP contribution < -0.4 is 0 Å². The van der Waals surface area contributed by atoms with Gasteiger partial charge in [-0.15, -0.1) is 0 Å². The third-order valence-corrected chi connectivity index (χ3v) is 2.81. The summed E-state index contributed by atoms with van der Waals surface area (Å²) in [6.45, 7) is 0. The second-order valence-corrected chi connectivity index (χ2v) is 4.10. The molecule has 3 nitrogen and oxygen atoms in total. The quantitative estimate of drug-likeness (QED) is 0.610. The lowest BCUT2D eigenvalue weighted by atomic mass is 10.2. The average Bonchev–Trinajstić information content (AvgIpc) is 2.19. The number of halogens is 4. The summed E-state index contributed by atoms with van der Waals surface area (Å²) < 4.78 is 29.4. The fourth-order valence-corrected chi connectivity index (χ4v) is 1.84. The van der Waals surface area contributed by atoms with E-state index < -0.39 is 12.4 Å². The molecule has 0 aromatic carbocycles. The van der Waals surface area contributed by atoms with Crippen molar-refractivity contribution >= 4 is 37.8 Å². The zero-order valence-corrected chi connectivity index (χ0v) is 10.6. The summed E-state index contributed by atoms with van der Waals surface area (Å²) in [6.07, 6.45) is -2.66. The second kappa shape index (κ2) is 4.98. The molecule has 0 bridgehead atoms. The van der Waals surface area contributed by atoms with Crippen molar-refractivity contribution in [1.29, 1.82) is 0 Å². The molecule has 1 rings (SSSR count). The first kappa shape index (κ1) is 12.5. The van der Waals surface area contributed by atoms with Crippen LogP contribution in [0.5, 0.6) is 0 Å². The Morgan fingerprint density at radius 1 is 1.53 bits per heavy atom. The van der Waals surface area contributed by atoms with Crippen molar-refractivity contribution in [2.45, 2.75) is 6.43 Å². The van der Waals surface area contributed by atoms with Crippen LogP contribution in [-0.4, -0.2) is 18.1 Å². The molecule has 0 radical (unpaired) electrons. The summed E-state index contributed by atoms with van der Waals surface area (Å²) in [5.74, 6) is -0.691. The Labute approximate surface area is 101 Å². The predicted molar refractivity (Wildman–Crippen MR) is 55.9 cm³/mol. The highest BCUT2D eigenvalue weighted by Gasteiger charge is 2.19. The highest BCUT2D eigenvalue weighted by Crippen LogP contribution is 2.30. The molecule has 0 aliphatic carbocycles. The van der Waals surface area contributed by atoms with Gasteiger partial charge in [0.05, 0.1) is 17.1 Å². The van der Waals surface area contributed by atoms with Gasteiger partial charge < -0.3 is 4.74 Å². The van der Waals surface area contributed by atoms with E-state index in [1.165, 1.54) is 7.11 Å². The number of rotatable bonds is 2. The zero-order chi connectivity index (χ0) is 11.6. The van der Waals surface area contributed by atoms with Gasteiger partial charge in [0.1, 0.15) is 4.60 Å². The first-order valence-corrected chi connectivity index (χ1v) is 5.28. The number of carbonyl (C=O) groups excluding carboxylic acids is 1. The number of esters is 1. The van der Waals surface area contributed by atoms with Gasteiger partial charge in [0.2, 0.25) is 0 Å². The maximum Gasteiger partial charge on any atom is 0.357 e. The van der Waals surface area contributed by atoms with E-state index in [1.54, 1.807) is 0 Å². The molecule has 1 aromatic heterocycles. The molecular weight excluding hydrogens is 340 g/mol. The standard InChI is InChI=1S/C8H5Br2F2NO2/c1-15-8(14)5-4(9)2-3(7(11)12)6(10)13-5/h2,7H,1H3. The van der Waals surface area contributed by atoms with Gasteiger partial charge in [-0.05, 0) is 37.9 Å². The van der Waals surface area contributed by atoms with Crippen LogP contribution in [0.15, 0.2) is 15.1 Å². The van der Waals surface area contributed by atoms with Gasteiger partial charge in [-0.25, -0.2) is 18.6 Å². The lowest BCUT2D eigenvalue weighted by molar-refractivity contribution is 0.0592. The maximum atomic E-state index is 12.4. The van der Waals surface area contributed by atoms with E-state index in [0.717, 1.165) is 6.07 Å². The minimum atomic E-state index is -2.66. The zero-order valence-electron chi connectivity index (χ0n) is 7.43. The molecule has 0 saturated carbocycles. The summed E-state index contributed by atoms with van der Waals surface area (Å²) in [5, 5.41) is 0. The number of methoxy groups -OCH3 is 1. The molecule has 1 heterocycles. The van der Waals surface area contributed by atoms with Crippen molar-refractivity contribution in [3.05, 3.63) is 26.4 Å². The molecule has 0 saturated heterocycles. The molecule has 7 heteroatoms. The van der Waals surface area contributed by atoms with Gasteiger partial charge in [0.15, 0.2) is 5.69 Å². The molecule has 15 heavy (non-hydrogen) atoms. The predicted octanol–water partition coefficient (Wildman–Crippen LogP) is 3.33. The van der Waals surface area contributed by atoms with Crippen molar-refractivity contribution in [2.24, 2.45) is 0 Å². The monoisotopic (exact) mass is 343 g/mol. The Balaban J connectivity index is 3.25. The highest BCUT2D eigenvalue weighted by molar-refractivity contribution is 9.11. The largest absolute Gasteiger partial charge is 0.464 e.